The molecular formula is C15H10N2O6. The van der Waals surface area contributed by atoms with Crippen LogP contribution in [0.15, 0.2) is 42.2 Å². The van der Waals surface area contributed by atoms with Gasteiger partial charge in [-0.15, -0.1) is 0 Å². The van der Waals surface area contributed by atoms with E-state index < -0.39 is 35.4 Å². The van der Waals surface area contributed by atoms with Gasteiger partial charge in [-0.2, -0.15) is 10.0 Å². The van der Waals surface area contributed by atoms with Crippen LogP contribution in [-0.4, -0.2) is 39.6 Å². The van der Waals surface area contributed by atoms with E-state index in [1.54, 1.807) is 18.2 Å². The summed E-state index contributed by atoms with van der Waals surface area (Å²) in [6.07, 6.45) is 0.631. The fourth-order valence-corrected chi connectivity index (χ4v) is 2.22. The maximum absolute atomic E-state index is 12.2. The van der Waals surface area contributed by atoms with E-state index in [9.17, 15) is 24.0 Å². The molecule has 1 saturated heterocycles. The van der Waals surface area contributed by atoms with Gasteiger partial charge in [-0.1, -0.05) is 18.2 Å². The van der Waals surface area contributed by atoms with Crippen LogP contribution in [0.5, 0.6) is 0 Å². The molecule has 3 rings (SSSR count). The molecule has 2 aliphatic rings. The second-order valence-corrected chi connectivity index (χ2v) is 4.82. The summed E-state index contributed by atoms with van der Waals surface area (Å²) >= 11 is 0. The molecule has 1 aromatic carbocycles. The van der Waals surface area contributed by atoms with Crippen LogP contribution in [0.25, 0.3) is 0 Å². The van der Waals surface area contributed by atoms with Crippen LogP contribution in [0.4, 0.5) is 0 Å². The van der Waals surface area contributed by atoms with E-state index >= 15 is 0 Å². The van der Waals surface area contributed by atoms with Crippen LogP contribution in [0, 0.1) is 0 Å². The first-order chi connectivity index (χ1) is 11.0. The summed E-state index contributed by atoms with van der Waals surface area (Å²) in [7, 11) is 0. The first kappa shape index (κ1) is 14.6. The molecule has 0 radical (unpaired) electrons. The van der Waals surface area contributed by atoms with Crippen LogP contribution in [0.2, 0.25) is 0 Å². The SMILES string of the molecule is O=C(OC1=CC(=O)N(N2C(=O)CCC2=O)C1=O)c1ccccc1. The highest BCUT2D eigenvalue weighted by Crippen LogP contribution is 2.23. The molecule has 0 bridgehead atoms. The van der Waals surface area contributed by atoms with Gasteiger partial charge in [0.15, 0.2) is 0 Å². The normalized spacial score (nSPS) is 17.8. The standard InChI is InChI=1S/C15H10N2O6/c18-11-6-7-12(19)16(11)17-13(20)8-10(14(17)21)23-15(22)9-4-2-1-3-5-9/h1-5,8H,6-7H2. The number of carbonyl (C=O) groups excluding carboxylic acids is 5. The molecule has 0 spiro atoms. The van der Waals surface area contributed by atoms with Crippen LogP contribution < -0.4 is 0 Å². The van der Waals surface area contributed by atoms with Gasteiger partial charge in [-0.25, -0.2) is 4.79 Å². The van der Waals surface area contributed by atoms with Gasteiger partial charge in [0, 0.05) is 12.8 Å². The number of hydrazine groups is 1. The van der Waals surface area contributed by atoms with E-state index in [-0.39, 0.29) is 18.4 Å². The largest absolute Gasteiger partial charge is 0.417 e. The molecule has 116 valence electrons. The lowest BCUT2D eigenvalue weighted by Crippen LogP contribution is -2.49. The molecule has 23 heavy (non-hydrogen) atoms. The van der Waals surface area contributed by atoms with Crippen molar-refractivity contribution in [1.82, 2.24) is 10.0 Å². The zero-order chi connectivity index (χ0) is 16.6. The van der Waals surface area contributed by atoms with E-state index in [0.29, 0.717) is 10.0 Å². The predicted molar refractivity (Wildman–Crippen MR) is 72.9 cm³/mol. The average Bonchev–Trinajstić information content (AvgIpc) is 3.00. The first-order valence-corrected chi connectivity index (χ1v) is 6.72. The molecule has 1 aromatic rings. The molecule has 0 unspecified atom stereocenters. The fraction of sp³-hybridized carbons (Fsp3) is 0.133. The van der Waals surface area contributed by atoms with E-state index in [2.05, 4.69) is 0 Å². The Bertz CT molecular complexity index is 751. The predicted octanol–water partition coefficient (Wildman–Crippen LogP) is 0.160. The fourth-order valence-electron chi connectivity index (χ4n) is 2.22. The Labute approximate surface area is 129 Å². The molecule has 0 atom stereocenters. The Morgan fingerprint density at radius 2 is 1.52 bits per heavy atom. The molecule has 0 saturated carbocycles. The van der Waals surface area contributed by atoms with Gasteiger partial charge < -0.3 is 4.74 Å². The zero-order valence-electron chi connectivity index (χ0n) is 11.7. The van der Waals surface area contributed by atoms with Crippen molar-refractivity contribution in [2.45, 2.75) is 12.8 Å². The molecule has 8 heteroatoms. The third kappa shape index (κ3) is 2.50. The molecule has 1 fully saturated rings. The Morgan fingerprint density at radius 3 is 2.13 bits per heavy atom. The minimum Gasteiger partial charge on any atom is -0.417 e. The number of rotatable bonds is 3. The number of ether oxygens (including phenoxy) is 1. The summed E-state index contributed by atoms with van der Waals surface area (Å²) in [6.45, 7) is 0. The second-order valence-electron chi connectivity index (χ2n) is 4.82. The van der Waals surface area contributed by atoms with Crippen LogP contribution >= 0.6 is 0 Å². The van der Waals surface area contributed by atoms with Crippen LogP contribution in [-0.2, 0) is 23.9 Å². The highest BCUT2D eigenvalue weighted by atomic mass is 16.5. The smallest absolute Gasteiger partial charge is 0.343 e. The maximum atomic E-state index is 12.2. The third-order valence-corrected chi connectivity index (χ3v) is 3.30. The number of carbonyl (C=O) groups is 5. The van der Waals surface area contributed by atoms with Crippen LogP contribution in [0.1, 0.15) is 23.2 Å². The number of esters is 1. The van der Waals surface area contributed by atoms with Crippen molar-refractivity contribution in [3.63, 3.8) is 0 Å². The third-order valence-electron chi connectivity index (χ3n) is 3.30. The van der Waals surface area contributed by atoms with Crippen molar-refractivity contribution < 1.29 is 28.7 Å². The maximum Gasteiger partial charge on any atom is 0.343 e. The number of amides is 4. The summed E-state index contributed by atoms with van der Waals surface area (Å²) in [5, 5.41) is 0.885. The van der Waals surface area contributed by atoms with Crippen molar-refractivity contribution in [3.05, 3.63) is 47.7 Å². The average molecular weight is 314 g/mol. The van der Waals surface area contributed by atoms with Crippen molar-refractivity contribution in [3.8, 4) is 0 Å². The van der Waals surface area contributed by atoms with Gasteiger partial charge in [0.05, 0.1) is 11.6 Å². The number of benzene rings is 1. The lowest BCUT2D eigenvalue weighted by molar-refractivity contribution is -0.171. The lowest BCUT2D eigenvalue weighted by Gasteiger charge is -2.23. The number of imide groups is 2. The summed E-state index contributed by atoms with van der Waals surface area (Å²) in [6, 6.07) is 7.89. The molecule has 0 aliphatic carbocycles. The van der Waals surface area contributed by atoms with Gasteiger partial charge in [0.25, 0.3) is 5.91 Å². The minimum atomic E-state index is -1.03. The topological polar surface area (TPSA) is 101 Å². The number of hydrogen-bond acceptors (Lipinski definition) is 6. The van der Waals surface area contributed by atoms with E-state index in [1.807, 2.05) is 0 Å². The van der Waals surface area contributed by atoms with Gasteiger partial charge in [-0.05, 0) is 12.1 Å². The van der Waals surface area contributed by atoms with Crippen molar-refractivity contribution >= 4 is 29.6 Å². The van der Waals surface area contributed by atoms with Gasteiger partial charge >= 0.3 is 11.9 Å². The Kier molecular flexibility index (Phi) is 3.49. The molecule has 2 aliphatic heterocycles. The number of nitrogens with zero attached hydrogens (tertiary/aromatic N) is 2. The molecule has 0 N–H and O–H groups in total. The zero-order valence-corrected chi connectivity index (χ0v) is 11.7. The summed E-state index contributed by atoms with van der Waals surface area (Å²) in [4.78, 5) is 59.3. The van der Waals surface area contributed by atoms with Gasteiger partial charge in [0.1, 0.15) is 0 Å². The highest BCUT2D eigenvalue weighted by molar-refractivity contribution is 6.19. The Balaban J connectivity index is 1.78. The lowest BCUT2D eigenvalue weighted by atomic mass is 10.2. The van der Waals surface area contributed by atoms with E-state index in [1.165, 1.54) is 12.1 Å². The Hall–Kier alpha value is -3.29. The first-order valence-electron chi connectivity index (χ1n) is 6.72. The minimum absolute atomic E-state index is 0.0744. The molecular weight excluding hydrogens is 304 g/mol. The monoisotopic (exact) mass is 314 g/mol. The molecule has 4 amide bonds. The summed E-state index contributed by atoms with van der Waals surface area (Å²) in [5.41, 5.74) is 0.195. The molecule has 0 aromatic heterocycles. The van der Waals surface area contributed by atoms with Gasteiger partial charge in [0.2, 0.25) is 17.6 Å². The summed E-state index contributed by atoms with van der Waals surface area (Å²) in [5.74, 6) is -4.59. The van der Waals surface area contributed by atoms with Crippen molar-refractivity contribution in [2.24, 2.45) is 0 Å². The van der Waals surface area contributed by atoms with Crippen LogP contribution in [0.3, 0.4) is 0 Å². The molecule has 8 nitrogen and oxygen atoms in total. The highest BCUT2D eigenvalue weighted by Gasteiger charge is 2.45. The van der Waals surface area contributed by atoms with E-state index in [4.69, 9.17) is 4.74 Å². The summed E-state index contributed by atoms with van der Waals surface area (Å²) < 4.78 is 4.90. The molecule has 2 heterocycles. The van der Waals surface area contributed by atoms with Gasteiger partial charge in [-0.3, -0.25) is 19.2 Å². The number of hydrogen-bond donors (Lipinski definition) is 0. The van der Waals surface area contributed by atoms with Crippen molar-refractivity contribution in [1.29, 1.82) is 0 Å². The second kappa shape index (κ2) is 5.48. The van der Waals surface area contributed by atoms with E-state index in [0.717, 1.165) is 6.08 Å². The Morgan fingerprint density at radius 1 is 0.913 bits per heavy atom. The quantitative estimate of drug-likeness (QED) is 0.582. The van der Waals surface area contributed by atoms with Crippen molar-refractivity contribution in [2.75, 3.05) is 0 Å².